The standard InChI is InChI=1S/C10H9N3/c1-7-9-5-4-6-13(9)10(11-3)8(2)12-7/h4-6H,1-2H3. The highest BCUT2D eigenvalue weighted by Crippen LogP contribution is 2.21. The van der Waals surface area contributed by atoms with Gasteiger partial charge in [-0.1, -0.05) is 6.57 Å². The highest BCUT2D eigenvalue weighted by molar-refractivity contribution is 5.60. The van der Waals surface area contributed by atoms with Gasteiger partial charge in [-0.3, -0.25) is 9.38 Å². The van der Waals surface area contributed by atoms with Gasteiger partial charge in [-0.25, -0.2) is 0 Å². The molecule has 0 aliphatic carbocycles. The van der Waals surface area contributed by atoms with E-state index in [4.69, 9.17) is 6.57 Å². The quantitative estimate of drug-likeness (QED) is 0.558. The molecule has 64 valence electrons. The van der Waals surface area contributed by atoms with Crippen LogP contribution in [0, 0.1) is 20.4 Å². The average Bonchev–Trinajstić information content (AvgIpc) is 2.53. The number of aromatic nitrogens is 2. The number of hydrogen-bond donors (Lipinski definition) is 0. The van der Waals surface area contributed by atoms with Crippen molar-refractivity contribution in [2.75, 3.05) is 0 Å². The van der Waals surface area contributed by atoms with Crippen LogP contribution in [0.2, 0.25) is 0 Å². The molecule has 0 spiro atoms. The lowest BCUT2D eigenvalue weighted by Gasteiger charge is -2.03. The summed E-state index contributed by atoms with van der Waals surface area (Å²) >= 11 is 0. The smallest absolute Gasteiger partial charge is 0.256 e. The fraction of sp³-hybridized carbons (Fsp3) is 0.200. The number of rotatable bonds is 0. The zero-order valence-corrected chi connectivity index (χ0v) is 7.57. The van der Waals surface area contributed by atoms with E-state index in [0.29, 0.717) is 5.82 Å². The molecule has 0 radical (unpaired) electrons. The number of nitrogens with zero attached hydrogens (tertiary/aromatic N) is 3. The monoisotopic (exact) mass is 171 g/mol. The van der Waals surface area contributed by atoms with Crippen molar-refractivity contribution < 1.29 is 0 Å². The SMILES string of the molecule is [C-]#[N+]c1c(C)nc(C)c2cccn12. The first-order valence-electron chi connectivity index (χ1n) is 4.06. The van der Waals surface area contributed by atoms with Crippen molar-refractivity contribution in [2.45, 2.75) is 13.8 Å². The van der Waals surface area contributed by atoms with Crippen molar-refractivity contribution in [3.8, 4) is 0 Å². The van der Waals surface area contributed by atoms with Crippen LogP contribution in [0.25, 0.3) is 10.4 Å². The van der Waals surface area contributed by atoms with Crippen molar-refractivity contribution in [3.63, 3.8) is 0 Å². The van der Waals surface area contributed by atoms with Crippen molar-refractivity contribution in [1.29, 1.82) is 0 Å². The minimum absolute atomic E-state index is 0.602. The topological polar surface area (TPSA) is 21.7 Å². The lowest BCUT2D eigenvalue weighted by atomic mass is 10.3. The Morgan fingerprint density at radius 2 is 2.15 bits per heavy atom. The zero-order chi connectivity index (χ0) is 9.42. The first kappa shape index (κ1) is 7.81. The summed E-state index contributed by atoms with van der Waals surface area (Å²) in [7, 11) is 0. The Kier molecular flexibility index (Phi) is 1.56. The van der Waals surface area contributed by atoms with Crippen LogP contribution in [0.15, 0.2) is 18.3 Å². The molecule has 3 nitrogen and oxygen atoms in total. The van der Waals surface area contributed by atoms with E-state index >= 15 is 0 Å². The molecule has 2 heterocycles. The second kappa shape index (κ2) is 2.60. The number of aryl methyl sites for hydroxylation is 2. The van der Waals surface area contributed by atoms with Crippen LogP contribution in [0.4, 0.5) is 5.82 Å². The van der Waals surface area contributed by atoms with Gasteiger partial charge in [-0.05, 0) is 26.0 Å². The van der Waals surface area contributed by atoms with Gasteiger partial charge in [-0.15, -0.1) is 0 Å². The molecule has 0 aliphatic heterocycles. The van der Waals surface area contributed by atoms with Gasteiger partial charge in [-0.2, -0.15) is 0 Å². The van der Waals surface area contributed by atoms with E-state index in [0.717, 1.165) is 16.9 Å². The summed E-state index contributed by atoms with van der Waals surface area (Å²) in [6.45, 7) is 10.9. The van der Waals surface area contributed by atoms with Gasteiger partial charge in [0, 0.05) is 0 Å². The average molecular weight is 171 g/mol. The van der Waals surface area contributed by atoms with Gasteiger partial charge in [0.1, 0.15) is 5.52 Å². The maximum Gasteiger partial charge on any atom is 0.256 e. The molecule has 2 aromatic rings. The van der Waals surface area contributed by atoms with E-state index in [1.807, 2.05) is 36.6 Å². The summed E-state index contributed by atoms with van der Waals surface area (Å²) in [4.78, 5) is 7.77. The van der Waals surface area contributed by atoms with Crippen molar-refractivity contribution in [1.82, 2.24) is 9.38 Å². The molecule has 0 unspecified atom stereocenters. The summed E-state index contributed by atoms with van der Waals surface area (Å²) in [6, 6.07) is 3.90. The van der Waals surface area contributed by atoms with Crippen LogP contribution < -0.4 is 0 Å². The third kappa shape index (κ3) is 0.994. The predicted octanol–water partition coefficient (Wildman–Crippen LogP) is 2.50. The molecule has 0 saturated carbocycles. The Labute approximate surface area is 76.5 Å². The summed E-state index contributed by atoms with van der Waals surface area (Å²) in [5.41, 5.74) is 2.77. The molecule has 0 aliphatic rings. The maximum absolute atomic E-state index is 7.04. The first-order valence-corrected chi connectivity index (χ1v) is 4.06. The van der Waals surface area contributed by atoms with Gasteiger partial charge < -0.3 is 4.85 Å². The second-order valence-corrected chi connectivity index (χ2v) is 2.98. The summed E-state index contributed by atoms with van der Waals surface area (Å²) < 4.78 is 1.88. The Morgan fingerprint density at radius 1 is 1.38 bits per heavy atom. The lowest BCUT2D eigenvalue weighted by molar-refractivity contribution is 1.06. The molecule has 13 heavy (non-hydrogen) atoms. The van der Waals surface area contributed by atoms with Crippen LogP contribution in [0.5, 0.6) is 0 Å². The van der Waals surface area contributed by atoms with Crippen molar-refractivity contribution >= 4 is 11.3 Å². The fourth-order valence-corrected chi connectivity index (χ4v) is 1.53. The number of fused-ring (bicyclic) bond motifs is 1. The highest BCUT2D eigenvalue weighted by atomic mass is 15.0. The Hall–Kier alpha value is -1.82. The molecular weight excluding hydrogens is 162 g/mol. The molecule has 0 atom stereocenters. The van der Waals surface area contributed by atoms with Crippen molar-refractivity contribution in [2.24, 2.45) is 0 Å². The second-order valence-electron chi connectivity index (χ2n) is 2.98. The molecule has 0 aromatic carbocycles. The Morgan fingerprint density at radius 3 is 2.85 bits per heavy atom. The lowest BCUT2D eigenvalue weighted by Crippen LogP contribution is -1.94. The summed E-state index contributed by atoms with van der Waals surface area (Å²) in [6.07, 6.45) is 1.89. The molecule has 2 aromatic heterocycles. The van der Waals surface area contributed by atoms with Crippen LogP contribution in [0.3, 0.4) is 0 Å². The van der Waals surface area contributed by atoms with Crippen molar-refractivity contribution in [3.05, 3.63) is 41.1 Å². The molecule has 0 N–H and O–H groups in total. The van der Waals surface area contributed by atoms with E-state index in [2.05, 4.69) is 9.83 Å². The van der Waals surface area contributed by atoms with Gasteiger partial charge in [0.15, 0.2) is 0 Å². The predicted molar refractivity (Wildman–Crippen MR) is 50.9 cm³/mol. The van der Waals surface area contributed by atoms with E-state index < -0.39 is 0 Å². The minimum atomic E-state index is 0.602. The molecular formula is C10H9N3. The molecule has 0 saturated heterocycles. The van der Waals surface area contributed by atoms with Gasteiger partial charge in [0.25, 0.3) is 5.82 Å². The maximum atomic E-state index is 7.04. The zero-order valence-electron chi connectivity index (χ0n) is 7.57. The fourth-order valence-electron chi connectivity index (χ4n) is 1.53. The summed E-state index contributed by atoms with van der Waals surface area (Å²) in [5, 5.41) is 0. The van der Waals surface area contributed by atoms with Crippen LogP contribution in [-0.2, 0) is 0 Å². The van der Waals surface area contributed by atoms with E-state index in [-0.39, 0.29) is 0 Å². The third-order valence-electron chi connectivity index (χ3n) is 2.11. The Bertz CT molecular complexity index is 503. The Balaban J connectivity index is 2.99. The van der Waals surface area contributed by atoms with Gasteiger partial charge in [0.2, 0.25) is 0 Å². The molecule has 3 heteroatoms. The minimum Gasteiger partial charge on any atom is -0.362 e. The normalized spacial score (nSPS) is 10.2. The van der Waals surface area contributed by atoms with Gasteiger partial charge in [0.05, 0.1) is 17.6 Å². The first-order chi connectivity index (χ1) is 6.24. The molecule has 0 bridgehead atoms. The van der Waals surface area contributed by atoms with E-state index in [1.54, 1.807) is 0 Å². The van der Waals surface area contributed by atoms with E-state index in [1.165, 1.54) is 0 Å². The van der Waals surface area contributed by atoms with Crippen LogP contribution in [0.1, 0.15) is 11.4 Å². The molecule has 0 fully saturated rings. The van der Waals surface area contributed by atoms with Crippen LogP contribution >= 0.6 is 0 Å². The largest absolute Gasteiger partial charge is 0.362 e. The number of hydrogen-bond acceptors (Lipinski definition) is 1. The third-order valence-corrected chi connectivity index (χ3v) is 2.11. The van der Waals surface area contributed by atoms with E-state index in [9.17, 15) is 0 Å². The molecule has 2 rings (SSSR count). The summed E-state index contributed by atoms with van der Waals surface area (Å²) in [5.74, 6) is 0.602. The highest BCUT2D eigenvalue weighted by Gasteiger charge is 2.08. The van der Waals surface area contributed by atoms with Crippen LogP contribution in [-0.4, -0.2) is 9.38 Å². The molecule has 0 amide bonds. The van der Waals surface area contributed by atoms with Gasteiger partial charge >= 0.3 is 0 Å².